The van der Waals surface area contributed by atoms with Crippen LogP contribution in [0.2, 0.25) is 0 Å². The minimum Gasteiger partial charge on any atom is -0.394 e. The van der Waals surface area contributed by atoms with Gasteiger partial charge in [-0.25, -0.2) is 0 Å². The fourth-order valence-corrected chi connectivity index (χ4v) is 3.74. The molecule has 2 unspecified atom stereocenters. The molecule has 1 aliphatic carbocycles. The molecule has 0 radical (unpaired) electrons. The second kappa shape index (κ2) is 6.07. The van der Waals surface area contributed by atoms with Crippen LogP contribution in [0.15, 0.2) is 6.20 Å². The lowest BCUT2D eigenvalue weighted by Crippen LogP contribution is -2.45. The Morgan fingerprint density at radius 3 is 3.10 bits per heavy atom. The van der Waals surface area contributed by atoms with Crippen LogP contribution in [-0.4, -0.2) is 39.7 Å². The molecule has 1 fully saturated rings. The Hall–Kier alpha value is -0.910. The van der Waals surface area contributed by atoms with Gasteiger partial charge in [-0.2, -0.15) is 5.10 Å². The van der Waals surface area contributed by atoms with Crippen molar-refractivity contribution in [2.24, 2.45) is 0 Å². The third-order valence-electron chi connectivity index (χ3n) is 4.71. The van der Waals surface area contributed by atoms with Crippen molar-refractivity contribution in [1.29, 1.82) is 0 Å². The standard InChI is InChI=1S/C16H27N3O2/c1-16(2)10-12(6-9-21-16)18-14-4-3-5-15-13(14)11-17-19(15)7-8-20/h11-12,14,18,20H,3-10H2,1-2H3. The number of aliphatic hydroxyl groups is 1. The van der Waals surface area contributed by atoms with E-state index >= 15 is 0 Å². The Bertz CT molecular complexity index is 484. The maximum atomic E-state index is 9.13. The molecule has 2 heterocycles. The number of hydrogen-bond donors (Lipinski definition) is 2. The summed E-state index contributed by atoms with van der Waals surface area (Å²) in [5, 5.41) is 17.4. The molecule has 2 atom stereocenters. The molecule has 1 aliphatic heterocycles. The summed E-state index contributed by atoms with van der Waals surface area (Å²) in [5.41, 5.74) is 2.62. The topological polar surface area (TPSA) is 59.3 Å². The molecule has 1 saturated heterocycles. The Balaban J connectivity index is 1.70. The van der Waals surface area contributed by atoms with Gasteiger partial charge in [-0.15, -0.1) is 0 Å². The molecule has 21 heavy (non-hydrogen) atoms. The van der Waals surface area contributed by atoms with Gasteiger partial charge >= 0.3 is 0 Å². The number of aliphatic hydroxyl groups excluding tert-OH is 1. The molecule has 1 aromatic heterocycles. The highest BCUT2D eigenvalue weighted by Crippen LogP contribution is 2.32. The molecule has 1 aromatic rings. The van der Waals surface area contributed by atoms with Crippen molar-refractivity contribution in [3.8, 4) is 0 Å². The predicted molar refractivity (Wildman–Crippen MR) is 81.2 cm³/mol. The SMILES string of the molecule is CC1(C)CC(NC2CCCc3c2cnn3CCO)CCO1. The van der Waals surface area contributed by atoms with Gasteiger partial charge < -0.3 is 15.2 Å². The van der Waals surface area contributed by atoms with Gasteiger partial charge in [0.05, 0.1) is 24.9 Å². The summed E-state index contributed by atoms with van der Waals surface area (Å²) in [6, 6.07) is 0.922. The summed E-state index contributed by atoms with van der Waals surface area (Å²) >= 11 is 0. The molecular formula is C16H27N3O2. The van der Waals surface area contributed by atoms with E-state index in [1.807, 2.05) is 10.9 Å². The van der Waals surface area contributed by atoms with Gasteiger partial charge in [0.1, 0.15) is 0 Å². The lowest BCUT2D eigenvalue weighted by molar-refractivity contribution is -0.0644. The van der Waals surface area contributed by atoms with Crippen molar-refractivity contribution in [3.63, 3.8) is 0 Å². The molecule has 2 aliphatic rings. The Kier molecular flexibility index (Phi) is 4.33. The fourth-order valence-electron chi connectivity index (χ4n) is 3.74. The summed E-state index contributed by atoms with van der Waals surface area (Å²) in [6.07, 6.45) is 7.58. The van der Waals surface area contributed by atoms with E-state index in [9.17, 15) is 0 Å². The number of nitrogens with zero attached hydrogens (tertiary/aromatic N) is 2. The molecular weight excluding hydrogens is 266 g/mol. The van der Waals surface area contributed by atoms with Gasteiger partial charge in [0.25, 0.3) is 0 Å². The first-order valence-corrected chi connectivity index (χ1v) is 8.14. The van der Waals surface area contributed by atoms with Crippen LogP contribution < -0.4 is 5.32 Å². The van der Waals surface area contributed by atoms with Crippen molar-refractivity contribution in [3.05, 3.63) is 17.5 Å². The summed E-state index contributed by atoms with van der Waals surface area (Å²) in [7, 11) is 0. The number of aromatic nitrogens is 2. The molecule has 0 saturated carbocycles. The predicted octanol–water partition coefficient (Wildman–Crippen LogP) is 1.80. The van der Waals surface area contributed by atoms with Crippen LogP contribution in [0.3, 0.4) is 0 Å². The Morgan fingerprint density at radius 1 is 1.48 bits per heavy atom. The molecule has 0 amide bonds. The van der Waals surface area contributed by atoms with E-state index in [2.05, 4.69) is 24.3 Å². The molecule has 0 spiro atoms. The van der Waals surface area contributed by atoms with E-state index in [0.29, 0.717) is 18.6 Å². The number of fused-ring (bicyclic) bond motifs is 1. The fraction of sp³-hybridized carbons (Fsp3) is 0.812. The lowest BCUT2D eigenvalue weighted by atomic mass is 9.89. The smallest absolute Gasteiger partial charge is 0.0644 e. The van der Waals surface area contributed by atoms with E-state index in [4.69, 9.17) is 9.84 Å². The highest BCUT2D eigenvalue weighted by Gasteiger charge is 2.32. The minimum absolute atomic E-state index is 0.0194. The summed E-state index contributed by atoms with van der Waals surface area (Å²) in [4.78, 5) is 0. The van der Waals surface area contributed by atoms with E-state index in [1.54, 1.807) is 0 Å². The van der Waals surface area contributed by atoms with E-state index in [1.165, 1.54) is 24.1 Å². The average molecular weight is 293 g/mol. The zero-order valence-corrected chi connectivity index (χ0v) is 13.1. The van der Waals surface area contributed by atoms with E-state index < -0.39 is 0 Å². The molecule has 0 aromatic carbocycles. The van der Waals surface area contributed by atoms with Crippen molar-refractivity contribution < 1.29 is 9.84 Å². The first kappa shape index (κ1) is 15.0. The second-order valence-electron chi connectivity index (χ2n) is 6.90. The molecule has 5 nitrogen and oxygen atoms in total. The van der Waals surface area contributed by atoms with Crippen molar-refractivity contribution in [2.45, 2.75) is 70.2 Å². The Morgan fingerprint density at radius 2 is 2.33 bits per heavy atom. The van der Waals surface area contributed by atoms with Crippen LogP contribution in [0.25, 0.3) is 0 Å². The van der Waals surface area contributed by atoms with Crippen LogP contribution in [0.4, 0.5) is 0 Å². The highest BCUT2D eigenvalue weighted by molar-refractivity contribution is 5.25. The normalized spacial score (nSPS) is 28.3. The zero-order chi connectivity index (χ0) is 14.9. The Labute approximate surface area is 126 Å². The highest BCUT2D eigenvalue weighted by atomic mass is 16.5. The van der Waals surface area contributed by atoms with Gasteiger partial charge in [0.15, 0.2) is 0 Å². The second-order valence-corrected chi connectivity index (χ2v) is 6.90. The summed E-state index contributed by atoms with van der Waals surface area (Å²) in [6.45, 7) is 5.94. The van der Waals surface area contributed by atoms with E-state index in [-0.39, 0.29) is 12.2 Å². The summed E-state index contributed by atoms with van der Waals surface area (Å²) in [5.74, 6) is 0. The van der Waals surface area contributed by atoms with Crippen molar-refractivity contribution in [1.82, 2.24) is 15.1 Å². The molecule has 3 rings (SSSR count). The third kappa shape index (κ3) is 3.30. The van der Waals surface area contributed by atoms with Crippen LogP contribution in [0.1, 0.15) is 56.8 Å². The molecule has 5 heteroatoms. The average Bonchev–Trinajstić information content (AvgIpc) is 2.83. The van der Waals surface area contributed by atoms with Crippen LogP contribution in [0.5, 0.6) is 0 Å². The molecule has 118 valence electrons. The van der Waals surface area contributed by atoms with Gasteiger partial charge in [-0.3, -0.25) is 4.68 Å². The molecule has 0 bridgehead atoms. The first-order chi connectivity index (χ1) is 10.1. The van der Waals surface area contributed by atoms with Gasteiger partial charge in [-0.1, -0.05) is 0 Å². The first-order valence-electron chi connectivity index (χ1n) is 8.14. The minimum atomic E-state index is -0.0194. The third-order valence-corrected chi connectivity index (χ3v) is 4.71. The van der Waals surface area contributed by atoms with Crippen molar-refractivity contribution >= 4 is 0 Å². The number of nitrogens with one attached hydrogen (secondary N) is 1. The van der Waals surface area contributed by atoms with Gasteiger partial charge in [0, 0.05) is 29.9 Å². The largest absolute Gasteiger partial charge is 0.394 e. The van der Waals surface area contributed by atoms with E-state index in [0.717, 1.165) is 25.9 Å². The quantitative estimate of drug-likeness (QED) is 0.889. The van der Waals surface area contributed by atoms with Crippen LogP contribution >= 0.6 is 0 Å². The summed E-state index contributed by atoms with van der Waals surface area (Å²) < 4.78 is 7.78. The van der Waals surface area contributed by atoms with Crippen molar-refractivity contribution in [2.75, 3.05) is 13.2 Å². The monoisotopic (exact) mass is 293 g/mol. The lowest BCUT2D eigenvalue weighted by Gasteiger charge is -2.38. The number of rotatable bonds is 4. The van der Waals surface area contributed by atoms with Gasteiger partial charge in [0.2, 0.25) is 0 Å². The number of ether oxygens (including phenoxy) is 1. The number of hydrogen-bond acceptors (Lipinski definition) is 4. The maximum absolute atomic E-state index is 9.13. The van der Waals surface area contributed by atoms with Crippen LogP contribution in [-0.2, 0) is 17.7 Å². The van der Waals surface area contributed by atoms with Gasteiger partial charge in [-0.05, 0) is 46.0 Å². The van der Waals surface area contributed by atoms with Crippen LogP contribution in [0, 0.1) is 0 Å². The molecule has 2 N–H and O–H groups in total. The maximum Gasteiger partial charge on any atom is 0.0644 e. The zero-order valence-electron chi connectivity index (χ0n) is 13.1.